The van der Waals surface area contributed by atoms with Crippen molar-refractivity contribution in [2.45, 2.75) is 38.8 Å². The number of ether oxygens (including phenoxy) is 1. The molecule has 1 aliphatic rings. The molecule has 6 heteroatoms. The summed E-state index contributed by atoms with van der Waals surface area (Å²) in [5.41, 5.74) is 3.34. The molecular weight excluding hydrogens is 309 g/mol. The number of H-pyrrole nitrogens is 1. The largest absolute Gasteiger partial charge is 0.469 e. The number of aromatic nitrogens is 2. The molecule has 1 aliphatic heterocycles. The SMILES string of the molecule is COC(=O)CC[C@@H](C)N1CCc2[nH]nc(-c3ccccc3F)c2C1. The molecule has 0 saturated heterocycles. The summed E-state index contributed by atoms with van der Waals surface area (Å²) in [6, 6.07) is 6.96. The number of fused-ring (bicyclic) bond motifs is 1. The van der Waals surface area contributed by atoms with Gasteiger partial charge in [-0.15, -0.1) is 0 Å². The predicted octanol–water partition coefficient (Wildman–Crippen LogP) is 2.92. The third-order valence-corrected chi connectivity index (χ3v) is 4.71. The molecule has 2 heterocycles. The summed E-state index contributed by atoms with van der Waals surface area (Å²) in [5.74, 6) is -0.447. The van der Waals surface area contributed by atoms with Gasteiger partial charge in [0.15, 0.2) is 0 Å². The van der Waals surface area contributed by atoms with Crippen LogP contribution in [0.4, 0.5) is 4.39 Å². The van der Waals surface area contributed by atoms with E-state index in [0.29, 0.717) is 24.2 Å². The maximum atomic E-state index is 14.1. The molecule has 0 saturated carbocycles. The van der Waals surface area contributed by atoms with E-state index in [0.717, 1.165) is 30.6 Å². The number of carbonyl (C=O) groups excluding carboxylic acids is 1. The van der Waals surface area contributed by atoms with Gasteiger partial charge in [-0.1, -0.05) is 12.1 Å². The van der Waals surface area contributed by atoms with Gasteiger partial charge in [0, 0.05) is 48.8 Å². The highest BCUT2D eigenvalue weighted by atomic mass is 19.1. The maximum absolute atomic E-state index is 14.1. The summed E-state index contributed by atoms with van der Waals surface area (Å²) in [6.45, 7) is 3.71. The van der Waals surface area contributed by atoms with Crippen LogP contribution in [0.3, 0.4) is 0 Å². The quantitative estimate of drug-likeness (QED) is 0.856. The Morgan fingerprint density at radius 1 is 1.46 bits per heavy atom. The summed E-state index contributed by atoms with van der Waals surface area (Å²) in [6.07, 6.45) is 2.00. The van der Waals surface area contributed by atoms with Gasteiger partial charge in [0.05, 0.1) is 12.8 Å². The molecule has 5 nitrogen and oxygen atoms in total. The Morgan fingerprint density at radius 3 is 3.00 bits per heavy atom. The van der Waals surface area contributed by atoms with E-state index in [1.54, 1.807) is 12.1 Å². The molecule has 0 amide bonds. The third-order valence-electron chi connectivity index (χ3n) is 4.71. The first kappa shape index (κ1) is 16.6. The zero-order valence-electron chi connectivity index (χ0n) is 14.0. The first-order chi connectivity index (χ1) is 11.6. The van der Waals surface area contributed by atoms with Crippen LogP contribution in [0.25, 0.3) is 11.3 Å². The second-order valence-corrected chi connectivity index (χ2v) is 6.19. The first-order valence-corrected chi connectivity index (χ1v) is 8.22. The highest BCUT2D eigenvalue weighted by Crippen LogP contribution is 2.30. The number of halogens is 1. The zero-order chi connectivity index (χ0) is 17.1. The smallest absolute Gasteiger partial charge is 0.305 e. The molecule has 0 radical (unpaired) electrons. The Hall–Kier alpha value is -2.21. The summed E-state index contributed by atoms with van der Waals surface area (Å²) >= 11 is 0. The standard InChI is InChI=1S/C18H22FN3O2/c1-12(7-8-17(23)24-2)22-10-9-16-14(11-22)18(21-20-16)13-5-3-4-6-15(13)19/h3-6,12H,7-11H2,1-2H3,(H,20,21)/t12-/m1/s1. The molecule has 2 aromatic rings. The number of benzene rings is 1. The van der Waals surface area contributed by atoms with Gasteiger partial charge in [-0.25, -0.2) is 4.39 Å². The van der Waals surface area contributed by atoms with Gasteiger partial charge in [-0.3, -0.25) is 14.8 Å². The molecule has 0 fully saturated rings. The van der Waals surface area contributed by atoms with Crippen molar-refractivity contribution in [3.8, 4) is 11.3 Å². The molecule has 3 rings (SSSR count). The number of aromatic amines is 1. The fourth-order valence-electron chi connectivity index (χ4n) is 3.18. The topological polar surface area (TPSA) is 58.2 Å². The average molecular weight is 331 g/mol. The second-order valence-electron chi connectivity index (χ2n) is 6.19. The van der Waals surface area contributed by atoms with Crippen molar-refractivity contribution in [3.63, 3.8) is 0 Å². The average Bonchev–Trinajstić information content (AvgIpc) is 3.02. The van der Waals surface area contributed by atoms with E-state index in [9.17, 15) is 9.18 Å². The van der Waals surface area contributed by atoms with E-state index < -0.39 is 0 Å². The predicted molar refractivity (Wildman–Crippen MR) is 88.8 cm³/mol. The Morgan fingerprint density at radius 2 is 2.25 bits per heavy atom. The van der Waals surface area contributed by atoms with Crippen molar-refractivity contribution >= 4 is 5.97 Å². The lowest BCUT2D eigenvalue weighted by molar-refractivity contribution is -0.141. The van der Waals surface area contributed by atoms with Crippen LogP contribution in [0.5, 0.6) is 0 Å². The molecule has 0 unspecified atom stereocenters. The third kappa shape index (κ3) is 3.33. The van der Waals surface area contributed by atoms with Gasteiger partial charge >= 0.3 is 5.97 Å². The van der Waals surface area contributed by atoms with Gasteiger partial charge < -0.3 is 4.74 Å². The van der Waals surface area contributed by atoms with E-state index >= 15 is 0 Å². The lowest BCUT2D eigenvalue weighted by Gasteiger charge is -2.32. The van der Waals surface area contributed by atoms with Gasteiger partial charge in [-0.2, -0.15) is 5.10 Å². The van der Waals surface area contributed by atoms with E-state index in [-0.39, 0.29) is 17.8 Å². The van der Waals surface area contributed by atoms with E-state index in [4.69, 9.17) is 4.74 Å². The molecule has 0 bridgehead atoms. The summed E-state index contributed by atoms with van der Waals surface area (Å²) < 4.78 is 18.8. The van der Waals surface area contributed by atoms with Crippen LogP contribution in [0.1, 0.15) is 31.0 Å². The number of methoxy groups -OCH3 is 1. The van der Waals surface area contributed by atoms with Crippen molar-refractivity contribution in [2.75, 3.05) is 13.7 Å². The highest BCUT2D eigenvalue weighted by molar-refractivity contribution is 5.69. The van der Waals surface area contributed by atoms with Crippen molar-refractivity contribution in [3.05, 3.63) is 41.3 Å². The summed E-state index contributed by atoms with van der Waals surface area (Å²) in [4.78, 5) is 13.6. The van der Waals surface area contributed by atoms with Gasteiger partial charge in [-0.05, 0) is 25.5 Å². The molecule has 128 valence electrons. The number of rotatable bonds is 5. The second kappa shape index (κ2) is 7.13. The highest BCUT2D eigenvalue weighted by Gasteiger charge is 2.26. The summed E-state index contributed by atoms with van der Waals surface area (Å²) in [5, 5.41) is 7.40. The molecule has 1 N–H and O–H groups in total. The number of esters is 1. The lowest BCUT2D eigenvalue weighted by atomic mass is 9.99. The van der Waals surface area contributed by atoms with Crippen LogP contribution >= 0.6 is 0 Å². The Bertz CT molecular complexity index is 729. The number of hydrogen-bond donors (Lipinski definition) is 1. The minimum absolute atomic E-state index is 0.185. The fourth-order valence-corrected chi connectivity index (χ4v) is 3.18. The van der Waals surface area contributed by atoms with E-state index in [2.05, 4.69) is 22.0 Å². The molecule has 1 aromatic carbocycles. The molecule has 1 aromatic heterocycles. The van der Waals surface area contributed by atoms with Crippen molar-refractivity contribution in [2.24, 2.45) is 0 Å². The zero-order valence-corrected chi connectivity index (χ0v) is 14.0. The van der Waals surface area contributed by atoms with Crippen LogP contribution < -0.4 is 0 Å². The van der Waals surface area contributed by atoms with Crippen LogP contribution in [0, 0.1) is 5.82 Å². The Kier molecular flexibility index (Phi) is 4.94. The molecule has 24 heavy (non-hydrogen) atoms. The monoisotopic (exact) mass is 331 g/mol. The van der Waals surface area contributed by atoms with Crippen LogP contribution in [-0.2, 0) is 22.5 Å². The van der Waals surface area contributed by atoms with Gasteiger partial charge in [0.2, 0.25) is 0 Å². The minimum atomic E-state index is -0.261. The number of carbonyl (C=O) groups is 1. The normalized spacial score (nSPS) is 15.8. The fraction of sp³-hybridized carbons (Fsp3) is 0.444. The van der Waals surface area contributed by atoms with Crippen LogP contribution in [0.15, 0.2) is 24.3 Å². The van der Waals surface area contributed by atoms with E-state index in [1.807, 2.05) is 6.07 Å². The number of nitrogens with zero attached hydrogens (tertiary/aromatic N) is 2. The minimum Gasteiger partial charge on any atom is -0.469 e. The molecular formula is C18H22FN3O2. The molecule has 0 aliphatic carbocycles. The van der Waals surface area contributed by atoms with Crippen molar-refractivity contribution in [1.29, 1.82) is 0 Å². The maximum Gasteiger partial charge on any atom is 0.305 e. The lowest BCUT2D eigenvalue weighted by Crippen LogP contribution is -2.37. The van der Waals surface area contributed by atoms with Crippen LogP contribution in [-0.4, -0.2) is 40.8 Å². The number of nitrogens with one attached hydrogen (secondary N) is 1. The first-order valence-electron chi connectivity index (χ1n) is 8.22. The summed E-state index contributed by atoms with van der Waals surface area (Å²) in [7, 11) is 1.41. The Balaban J connectivity index is 1.77. The van der Waals surface area contributed by atoms with E-state index in [1.165, 1.54) is 13.2 Å². The number of hydrogen-bond acceptors (Lipinski definition) is 4. The van der Waals surface area contributed by atoms with Gasteiger partial charge in [0.25, 0.3) is 0 Å². The van der Waals surface area contributed by atoms with Crippen LogP contribution in [0.2, 0.25) is 0 Å². The van der Waals surface area contributed by atoms with Gasteiger partial charge in [0.1, 0.15) is 5.82 Å². The van der Waals surface area contributed by atoms with Crippen molar-refractivity contribution in [1.82, 2.24) is 15.1 Å². The Labute approximate surface area is 140 Å². The molecule has 1 atom stereocenters. The molecule has 0 spiro atoms. The van der Waals surface area contributed by atoms with Crippen molar-refractivity contribution < 1.29 is 13.9 Å².